The molecule has 0 saturated carbocycles. The third-order valence-electron chi connectivity index (χ3n) is 3.78. The van der Waals surface area contributed by atoms with Gasteiger partial charge in [0.25, 0.3) is 0 Å². The van der Waals surface area contributed by atoms with Crippen LogP contribution in [-0.4, -0.2) is 16.9 Å². The Balaban J connectivity index is 2.26. The van der Waals surface area contributed by atoms with Gasteiger partial charge in [0.1, 0.15) is 0 Å². The SMILES string of the molecule is [AsH2]c1cccc2c1ccc1cc3ccccc3cc12. The molecule has 0 heterocycles. The van der Waals surface area contributed by atoms with E-state index in [-0.39, 0.29) is 0 Å². The molecule has 4 rings (SSSR count). The second kappa shape index (κ2) is 4.11. The van der Waals surface area contributed by atoms with Crippen molar-refractivity contribution in [3.63, 3.8) is 0 Å². The summed E-state index contributed by atoms with van der Waals surface area (Å²) >= 11 is 1.69. The predicted molar refractivity (Wildman–Crippen MR) is 87.1 cm³/mol. The van der Waals surface area contributed by atoms with E-state index in [1.54, 1.807) is 16.9 Å². The van der Waals surface area contributed by atoms with E-state index in [1.807, 2.05) is 0 Å². The molecule has 90 valence electrons. The van der Waals surface area contributed by atoms with E-state index in [0.717, 1.165) is 0 Å². The summed E-state index contributed by atoms with van der Waals surface area (Å²) in [7, 11) is 0. The normalized spacial score (nSPS) is 11.4. The molecule has 4 aromatic carbocycles. The quantitative estimate of drug-likeness (QED) is 0.265. The number of rotatable bonds is 0. The maximum absolute atomic E-state index is 2.32. The number of benzene rings is 4. The van der Waals surface area contributed by atoms with Crippen LogP contribution < -0.4 is 4.35 Å². The molecule has 0 aromatic heterocycles. The van der Waals surface area contributed by atoms with E-state index in [2.05, 4.69) is 66.7 Å². The molecule has 19 heavy (non-hydrogen) atoms. The van der Waals surface area contributed by atoms with Gasteiger partial charge in [-0.15, -0.1) is 0 Å². The Morgan fingerprint density at radius 1 is 0.526 bits per heavy atom. The van der Waals surface area contributed by atoms with Crippen molar-refractivity contribution < 1.29 is 0 Å². The Morgan fingerprint density at radius 3 is 2.16 bits per heavy atom. The predicted octanol–water partition coefficient (Wildman–Crippen LogP) is 3.40. The third-order valence-corrected chi connectivity index (χ3v) is 4.83. The fourth-order valence-electron chi connectivity index (χ4n) is 2.81. The van der Waals surface area contributed by atoms with Gasteiger partial charge in [-0.25, -0.2) is 0 Å². The molecule has 0 aliphatic carbocycles. The molecule has 0 fully saturated rings. The van der Waals surface area contributed by atoms with Crippen LogP contribution in [0.5, 0.6) is 0 Å². The van der Waals surface area contributed by atoms with E-state index in [9.17, 15) is 0 Å². The van der Waals surface area contributed by atoms with Crippen molar-refractivity contribution in [3.8, 4) is 0 Å². The molecule has 0 aliphatic heterocycles. The van der Waals surface area contributed by atoms with Gasteiger partial charge in [0.2, 0.25) is 0 Å². The first-order valence-corrected chi connectivity index (χ1v) is 7.64. The van der Waals surface area contributed by atoms with Crippen LogP contribution in [0.2, 0.25) is 0 Å². The molecular weight excluding hydrogens is 291 g/mol. The van der Waals surface area contributed by atoms with Gasteiger partial charge < -0.3 is 0 Å². The molecule has 0 saturated heterocycles. The molecule has 0 spiro atoms. The summed E-state index contributed by atoms with van der Waals surface area (Å²) in [5, 5.41) is 8.05. The van der Waals surface area contributed by atoms with Crippen LogP contribution in [-0.2, 0) is 0 Å². The number of fused-ring (bicyclic) bond motifs is 4. The Kier molecular flexibility index (Phi) is 2.40. The van der Waals surface area contributed by atoms with Gasteiger partial charge in [-0.2, -0.15) is 0 Å². The van der Waals surface area contributed by atoms with Gasteiger partial charge in [-0.05, 0) is 0 Å². The Labute approximate surface area is 120 Å². The molecule has 1 atom stereocenters. The first-order valence-electron chi connectivity index (χ1n) is 6.43. The van der Waals surface area contributed by atoms with E-state index < -0.39 is 0 Å². The summed E-state index contributed by atoms with van der Waals surface area (Å²) in [4.78, 5) is 0. The standard InChI is InChI=1S/C18H13As/c19-18-7-3-6-15-16(18)9-8-14-10-12-4-1-2-5-13(12)11-17(14)15/h1-11H,19H2. The van der Waals surface area contributed by atoms with E-state index in [4.69, 9.17) is 0 Å². The third kappa shape index (κ3) is 1.68. The van der Waals surface area contributed by atoms with Gasteiger partial charge in [-0.3, -0.25) is 0 Å². The van der Waals surface area contributed by atoms with Crippen LogP contribution in [0.1, 0.15) is 0 Å². The Morgan fingerprint density at radius 2 is 1.32 bits per heavy atom. The average molecular weight is 304 g/mol. The molecule has 0 bridgehead atoms. The minimum absolute atomic E-state index is 1.31. The van der Waals surface area contributed by atoms with E-state index >= 15 is 0 Å². The first-order chi connectivity index (χ1) is 9.33. The zero-order chi connectivity index (χ0) is 12.8. The fraction of sp³-hybridized carbons (Fsp3) is 0. The molecular formula is C18H13As. The second-order valence-corrected chi connectivity index (χ2v) is 6.23. The summed E-state index contributed by atoms with van der Waals surface area (Å²) < 4.78 is 1.40. The van der Waals surface area contributed by atoms with Gasteiger partial charge in [0.05, 0.1) is 0 Å². The van der Waals surface area contributed by atoms with E-state index in [1.165, 1.54) is 36.7 Å². The monoisotopic (exact) mass is 304 g/mol. The first kappa shape index (κ1) is 11.1. The molecule has 1 heteroatoms. The molecule has 0 N–H and O–H groups in total. The molecule has 4 aromatic rings. The van der Waals surface area contributed by atoms with Gasteiger partial charge in [0, 0.05) is 0 Å². The van der Waals surface area contributed by atoms with E-state index in [0.29, 0.717) is 0 Å². The van der Waals surface area contributed by atoms with Crippen LogP contribution in [0.3, 0.4) is 0 Å². The number of hydrogen-bond donors (Lipinski definition) is 0. The molecule has 0 aliphatic rings. The van der Waals surface area contributed by atoms with Crippen LogP contribution >= 0.6 is 0 Å². The van der Waals surface area contributed by atoms with Crippen molar-refractivity contribution in [2.75, 3.05) is 0 Å². The van der Waals surface area contributed by atoms with Crippen molar-refractivity contribution in [1.82, 2.24) is 0 Å². The summed E-state index contributed by atoms with van der Waals surface area (Å²) in [5.41, 5.74) is 0. The summed E-state index contributed by atoms with van der Waals surface area (Å²) in [6.07, 6.45) is 0. The fourth-order valence-corrected chi connectivity index (χ4v) is 3.57. The van der Waals surface area contributed by atoms with Crippen molar-refractivity contribution in [2.45, 2.75) is 0 Å². The van der Waals surface area contributed by atoms with Crippen molar-refractivity contribution in [2.24, 2.45) is 0 Å². The van der Waals surface area contributed by atoms with Crippen molar-refractivity contribution >= 4 is 53.5 Å². The zero-order valence-corrected chi connectivity index (χ0v) is 12.9. The molecule has 1 unspecified atom stereocenters. The Hall–Kier alpha value is -1.78. The maximum atomic E-state index is 2.32. The molecule has 0 radical (unpaired) electrons. The molecule has 0 amide bonds. The minimum atomic E-state index is 1.31. The van der Waals surface area contributed by atoms with Crippen LogP contribution in [0.15, 0.2) is 66.7 Å². The van der Waals surface area contributed by atoms with Gasteiger partial charge >= 0.3 is 120 Å². The van der Waals surface area contributed by atoms with Crippen molar-refractivity contribution in [1.29, 1.82) is 0 Å². The van der Waals surface area contributed by atoms with Crippen LogP contribution in [0, 0.1) is 0 Å². The van der Waals surface area contributed by atoms with Crippen molar-refractivity contribution in [3.05, 3.63) is 66.7 Å². The summed E-state index contributed by atoms with van der Waals surface area (Å²) in [6.45, 7) is 0. The Bertz CT molecular complexity index is 922. The molecule has 0 nitrogen and oxygen atoms in total. The van der Waals surface area contributed by atoms with Gasteiger partial charge in [-0.1, -0.05) is 0 Å². The zero-order valence-electron chi connectivity index (χ0n) is 10.4. The number of hydrogen-bond acceptors (Lipinski definition) is 0. The average Bonchev–Trinajstić information content (AvgIpc) is 2.45. The van der Waals surface area contributed by atoms with Gasteiger partial charge in [0.15, 0.2) is 0 Å². The summed E-state index contributed by atoms with van der Waals surface area (Å²) in [6, 6.07) is 24.3. The van der Waals surface area contributed by atoms with Crippen LogP contribution in [0.25, 0.3) is 32.3 Å². The topological polar surface area (TPSA) is 0 Å². The van der Waals surface area contributed by atoms with Crippen LogP contribution in [0.4, 0.5) is 0 Å². The second-order valence-electron chi connectivity index (χ2n) is 4.93. The summed E-state index contributed by atoms with van der Waals surface area (Å²) in [5.74, 6) is 0.